The van der Waals surface area contributed by atoms with E-state index in [0.717, 1.165) is 0 Å². The second kappa shape index (κ2) is 9.99. The summed E-state index contributed by atoms with van der Waals surface area (Å²) in [5, 5.41) is 19.3. The number of esters is 1. The van der Waals surface area contributed by atoms with Crippen LogP contribution in [0.4, 0.5) is 0 Å². The number of aliphatic hydroxyl groups excluding tert-OH is 1. The number of carbonyl (C=O) groups excluding carboxylic acids is 4. The van der Waals surface area contributed by atoms with Gasteiger partial charge in [-0.05, 0) is 49.8 Å². The molecule has 0 saturated carbocycles. The van der Waals surface area contributed by atoms with Gasteiger partial charge in [0.15, 0.2) is 0 Å². The van der Waals surface area contributed by atoms with Gasteiger partial charge in [0, 0.05) is 18.4 Å². The van der Waals surface area contributed by atoms with E-state index in [1.165, 1.54) is 12.1 Å². The zero-order valence-corrected chi connectivity index (χ0v) is 16.5. The van der Waals surface area contributed by atoms with Crippen molar-refractivity contribution in [3.05, 3.63) is 28.8 Å². The molecule has 1 aromatic carbocycles. The minimum atomic E-state index is -1.00. The lowest BCUT2D eigenvalue weighted by molar-refractivity contribution is -0.144. The van der Waals surface area contributed by atoms with Gasteiger partial charge < -0.3 is 14.9 Å². The second-order valence-electron chi connectivity index (χ2n) is 7.10. The molecule has 0 amide bonds. The Morgan fingerprint density at radius 3 is 2.45 bits per heavy atom. The maximum absolute atomic E-state index is 12.8. The quantitative estimate of drug-likeness (QED) is 0.387. The third-order valence-corrected chi connectivity index (χ3v) is 5.06. The zero-order chi connectivity index (χ0) is 21.6. The first-order valence-corrected chi connectivity index (χ1v) is 9.52. The van der Waals surface area contributed by atoms with Gasteiger partial charge in [-0.3, -0.25) is 14.4 Å². The fraction of sp³-hybridized carbons (Fsp3) is 0.455. The van der Waals surface area contributed by atoms with E-state index in [9.17, 15) is 24.3 Å². The lowest BCUT2D eigenvalue weighted by Crippen LogP contribution is -2.27. The monoisotopic (exact) mass is 400 g/mol. The number of phenols is 1. The largest absolute Gasteiger partial charge is 0.507 e. The van der Waals surface area contributed by atoms with Crippen molar-refractivity contribution in [2.75, 3.05) is 6.61 Å². The molecule has 2 atom stereocenters. The standard InChI is InChI=1S/C22H24O7/c1-13-8-10-19(26)21(27)18(25)7-3-6-16-15(5-4-12-23)9-11-17(24)20(16)22(28)29-14(13)2/h9,11,13-14,23-24H,3,6-8,10,12H2,1-2H3/t13-,14-/m0/s1. The van der Waals surface area contributed by atoms with Crippen LogP contribution in [0.1, 0.15) is 61.0 Å². The van der Waals surface area contributed by atoms with Crippen molar-refractivity contribution in [3.63, 3.8) is 0 Å². The van der Waals surface area contributed by atoms with Crippen LogP contribution < -0.4 is 0 Å². The molecule has 1 aromatic rings. The van der Waals surface area contributed by atoms with E-state index in [2.05, 4.69) is 11.8 Å². The van der Waals surface area contributed by atoms with Crippen molar-refractivity contribution >= 4 is 23.3 Å². The maximum Gasteiger partial charge on any atom is 0.342 e. The number of fused-ring (bicyclic) bond motifs is 1. The predicted octanol–water partition coefficient (Wildman–Crippen LogP) is 1.74. The Labute approximate surface area is 169 Å². The van der Waals surface area contributed by atoms with E-state index in [-0.39, 0.29) is 55.9 Å². The molecule has 0 radical (unpaired) electrons. The Balaban J connectivity index is 2.49. The van der Waals surface area contributed by atoms with Crippen molar-refractivity contribution in [2.24, 2.45) is 5.92 Å². The molecule has 1 heterocycles. The third-order valence-electron chi connectivity index (χ3n) is 5.06. The van der Waals surface area contributed by atoms with E-state index in [4.69, 9.17) is 9.84 Å². The lowest BCUT2D eigenvalue weighted by atomic mass is 9.92. The summed E-state index contributed by atoms with van der Waals surface area (Å²) in [5.74, 6) is 1.48. The van der Waals surface area contributed by atoms with E-state index in [1.54, 1.807) is 13.8 Å². The summed E-state index contributed by atoms with van der Waals surface area (Å²) in [6.45, 7) is 3.05. The van der Waals surface area contributed by atoms with Crippen LogP contribution in [0.5, 0.6) is 5.75 Å². The number of Topliss-reactive ketones (excluding diaryl/α,β-unsaturated/α-hetero) is 3. The summed E-state index contributed by atoms with van der Waals surface area (Å²) in [6.07, 6.45) is -0.201. The maximum atomic E-state index is 12.8. The highest BCUT2D eigenvalue weighted by molar-refractivity contribution is 6.63. The predicted molar refractivity (Wildman–Crippen MR) is 103 cm³/mol. The summed E-state index contributed by atoms with van der Waals surface area (Å²) in [5.41, 5.74) is 0.742. The molecule has 0 aromatic heterocycles. The van der Waals surface area contributed by atoms with Crippen molar-refractivity contribution < 1.29 is 34.1 Å². The first kappa shape index (κ1) is 22.3. The number of hydrogen-bond donors (Lipinski definition) is 2. The molecule has 0 bridgehead atoms. The van der Waals surface area contributed by atoms with Crippen LogP contribution in [0.15, 0.2) is 12.1 Å². The fourth-order valence-electron chi connectivity index (χ4n) is 3.12. The van der Waals surface area contributed by atoms with Gasteiger partial charge in [0.2, 0.25) is 11.6 Å². The Morgan fingerprint density at radius 2 is 1.76 bits per heavy atom. The SMILES string of the molecule is C[C@@H]1OC(=O)c2c(O)ccc(C#CCO)c2CCCC(=O)C(=O)C(=O)CC[C@@H]1C. The molecule has 1 aliphatic rings. The third kappa shape index (κ3) is 5.52. The van der Waals surface area contributed by atoms with Gasteiger partial charge in [-0.2, -0.15) is 0 Å². The van der Waals surface area contributed by atoms with E-state index in [1.807, 2.05) is 0 Å². The van der Waals surface area contributed by atoms with Gasteiger partial charge in [0.25, 0.3) is 5.78 Å². The van der Waals surface area contributed by atoms with Crippen LogP contribution in [0.25, 0.3) is 0 Å². The molecule has 7 heteroatoms. The molecule has 29 heavy (non-hydrogen) atoms. The number of phenolic OH excluding ortho intramolecular Hbond substituents is 1. The molecule has 1 aliphatic heterocycles. The Kier molecular flexibility index (Phi) is 7.68. The van der Waals surface area contributed by atoms with E-state index < -0.39 is 29.4 Å². The van der Waals surface area contributed by atoms with Crippen LogP contribution in [0.3, 0.4) is 0 Å². The van der Waals surface area contributed by atoms with Crippen LogP contribution in [-0.2, 0) is 25.5 Å². The summed E-state index contributed by atoms with van der Waals surface area (Å²) in [7, 11) is 0. The molecule has 2 N–H and O–H groups in total. The Morgan fingerprint density at radius 1 is 1.07 bits per heavy atom. The first-order chi connectivity index (χ1) is 13.8. The summed E-state index contributed by atoms with van der Waals surface area (Å²) in [4.78, 5) is 48.8. The number of aliphatic hydroxyl groups is 1. The number of rotatable bonds is 0. The number of ketones is 3. The smallest absolute Gasteiger partial charge is 0.342 e. The highest BCUT2D eigenvalue weighted by Gasteiger charge is 2.28. The number of cyclic esters (lactones) is 1. The van der Waals surface area contributed by atoms with Crippen molar-refractivity contribution in [2.45, 2.75) is 52.1 Å². The summed E-state index contributed by atoms with van der Waals surface area (Å²) < 4.78 is 5.50. The number of hydrogen-bond acceptors (Lipinski definition) is 7. The molecule has 7 nitrogen and oxygen atoms in total. The molecular formula is C22H24O7. The number of benzene rings is 1. The van der Waals surface area contributed by atoms with E-state index in [0.29, 0.717) is 11.1 Å². The molecule has 0 unspecified atom stereocenters. The zero-order valence-electron chi connectivity index (χ0n) is 16.5. The number of ether oxygens (including phenoxy) is 1. The Hall–Kier alpha value is -2.98. The molecule has 0 saturated heterocycles. The van der Waals surface area contributed by atoms with Crippen molar-refractivity contribution in [1.82, 2.24) is 0 Å². The fourth-order valence-corrected chi connectivity index (χ4v) is 3.12. The van der Waals surface area contributed by atoms with Crippen LogP contribution in [0.2, 0.25) is 0 Å². The number of aromatic hydroxyl groups is 1. The molecule has 154 valence electrons. The van der Waals surface area contributed by atoms with Crippen LogP contribution in [0, 0.1) is 17.8 Å². The molecule has 0 fully saturated rings. The lowest BCUT2D eigenvalue weighted by Gasteiger charge is -2.22. The van der Waals surface area contributed by atoms with E-state index >= 15 is 0 Å². The van der Waals surface area contributed by atoms with Gasteiger partial charge in [-0.25, -0.2) is 4.79 Å². The highest BCUT2D eigenvalue weighted by Crippen LogP contribution is 2.28. The van der Waals surface area contributed by atoms with Gasteiger partial charge in [0.05, 0.1) is 0 Å². The van der Waals surface area contributed by atoms with Crippen LogP contribution in [-0.4, -0.2) is 46.2 Å². The average Bonchev–Trinajstić information content (AvgIpc) is 2.69. The second-order valence-corrected chi connectivity index (χ2v) is 7.10. The van der Waals surface area contributed by atoms with Gasteiger partial charge in [0.1, 0.15) is 24.0 Å². The molecule has 2 rings (SSSR count). The minimum absolute atomic E-state index is 0.0410. The minimum Gasteiger partial charge on any atom is -0.507 e. The highest BCUT2D eigenvalue weighted by atomic mass is 16.5. The van der Waals surface area contributed by atoms with Gasteiger partial charge >= 0.3 is 5.97 Å². The summed E-state index contributed by atoms with van der Waals surface area (Å²) in [6, 6.07) is 2.84. The van der Waals surface area contributed by atoms with Crippen molar-refractivity contribution in [3.8, 4) is 17.6 Å². The topological polar surface area (TPSA) is 118 Å². The molecular weight excluding hydrogens is 376 g/mol. The first-order valence-electron chi connectivity index (χ1n) is 9.52. The summed E-state index contributed by atoms with van der Waals surface area (Å²) >= 11 is 0. The van der Waals surface area contributed by atoms with Crippen molar-refractivity contribution in [1.29, 1.82) is 0 Å². The molecule has 0 spiro atoms. The molecule has 0 aliphatic carbocycles. The Bertz CT molecular complexity index is 888. The normalized spacial score (nSPS) is 21.5. The van der Waals surface area contributed by atoms with Gasteiger partial charge in [-0.15, -0.1) is 0 Å². The van der Waals surface area contributed by atoms with Crippen LogP contribution >= 0.6 is 0 Å². The average molecular weight is 400 g/mol. The van der Waals surface area contributed by atoms with Gasteiger partial charge in [-0.1, -0.05) is 18.8 Å². The number of carbonyl (C=O) groups is 4.